The molecule has 2 amide bonds. The van der Waals surface area contributed by atoms with E-state index >= 15 is 0 Å². The summed E-state index contributed by atoms with van der Waals surface area (Å²) in [5.74, 6) is -0.642. The van der Waals surface area contributed by atoms with Crippen LogP contribution in [0.4, 0.5) is 0 Å². The van der Waals surface area contributed by atoms with Crippen LogP contribution in [0.5, 0.6) is 0 Å². The lowest BCUT2D eigenvalue weighted by Gasteiger charge is -2.55. The van der Waals surface area contributed by atoms with Crippen molar-refractivity contribution in [3.63, 3.8) is 0 Å². The van der Waals surface area contributed by atoms with Gasteiger partial charge in [0.05, 0.1) is 33.7 Å². The molecule has 0 saturated heterocycles. The van der Waals surface area contributed by atoms with Crippen molar-refractivity contribution in [1.29, 1.82) is 0 Å². The maximum absolute atomic E-state index is 13.5. The zero-order valence-corrected chi connectivity index (χ0v) is 23.7. The van der Waals surface area contributed by atoms with Gasteiger partial charge in [-0.25, -0.2) is 9.97 Å². The third kappa shape index (κ3) is 3.53. The van der Waals surface area contributed by atoms with Crippen LogP contribution in [-0.2, 0) is 5.54 Å². The summed E-state index contributed by atoms with van der Waals surface area (Å²) in [7, 11) is 0. The molecule has 1 aliphatic heterocycles. The summed E-state index contributed by atoms with van der Waals surface area (Å²) < 4.78 is 1.77. The van der Waals surface area contributed by atoms with Gasteiger partial charge in [0.2, 0.25) is 0 Å². The summed E-state index contributed by atoms with van der Waals surface area (Å²) in [6, 6.07) is 20.9. The fraction of sp³-hybridized carbons (Fsp3) is 0.182. The first-order chi connectivity index (χ1) is 20.2. The van der Waals surface area contributed by atoms with E-state index in [4.69, 9.17) is 4.98 Å². The molecule has 2 aliphatic rings. The van der Waals surface area contributed by atoms with Gasteiger partial charge in [-0.2, -0.15) is 21.0 Å². The summed E-state index contributed by atoms with van der Waals surface area (Å²) in [5.41, 5.74) is 5.71. The molecule has 1 fully saturated rings. The van der Waals surface area contributed by atoms with E-state index in [0.717, 1.165) is 44.7 Å². The number of aliphatic hydroxyl groups is 1. The number of imide groups is 1. The standard InChI is InChI=1S/C33H25N5O3S/c1-19-13-27-34-15-22-14-26(21-11-12-42-16-21)28(35-29(22)38(27)36-19)20-7-9-23(10-8-20)33(17-32(2,41)18-33)37-30(39)24-5-3-4-6-25(24)31(37)40/h3-16,41H,17-18H2,1-2H3/t32-,33-. The molecule has 0 radical (unpaired) electrons. The van der Waals surface area contributed by atoms with Crippen molar-refractivity contribution in [3.05, 3.63) is 106 Å². The SMILES string of the molecule is Cc1cc2ncc3cc(-c4ccsc4)c(-c4ccc([C@]5(N6C(=O)c7ccccc7C6=O)C[C@](C)(O)C5)cc4)nc3n2n1. The van der Waals surface area contributed by atoms with Crippen molar-refractivity contribution in [2.75, 3.05) is 0 Å². The van der Waals surface area contributed by atoms with E-state index in [1.807, 2.05) is 48.8 Å². The lowest BCUT2D eigenvalue weighted by atomic mass is 9.61. The van der Waals surface area contributed by atoms with E-state index in [2.05, 4.69) is 27.6 Å². The second-order valence-electron chi connectivity index (χ2n) is 11.6. The minimum Gasteiger partial charge on any atom is -0.390 e. The number of fused-ring (bicyclic) bond motifs is 4. The zero-order chi connectivity index (χ0) is 28.8. The molecule has 0 atom stereocenters. The molecule has 0 bridgehead atoms. The Morgan fingerprint density at radius 2 is 1.62 bits per heavy atom. The molecule has 2 aromatic carbocycles. The second kappa shape index (κ2) is 8.64. The van der Waals surface area contributed by atoms with Crippen LogP contribution >= 0.6 is 11.3 Å². The van der Waals surface area contributed by atoms with Crippen LogP contribution in [0.2, 0.25) is 0 Å². The third-order valence-electron chi connectivity index (χ3n) is 8.48. The first kappa shape index (κ1) is 25.0. The van der Waals surface area contributed by atoms with Gasteiger partial charge in [0.25, 0.3) is 11.8 Å². The molecular formula is C33H25N5O3S. The fourth-order valence-corrected chi connectivity index (χ4v) is 7.38. The highest BCUT2D eigenvalue weighted by Crippen LogP contribution is 2.54. The maximum atomic E-state index is 13.5. The number of benzene rings is 2. The van der Waals surface area contributed by atoms with Gasteiger partial charge in [-0.1, -0.05) is 36.4 Å². The minimum atomic E-state index is -0.985. The van der Waals surface area contributed by atoms with Crippen molar-refractivity contribution in [3.8, 4) is 22.4 Å². The summed E-state index contributed by atoms with van der Waals surface area (Å²) in [6.45, 7) is 3.68. The second-order valence-corrected chi connectivity index (χ2v) is 12.4. The van der Waals surface area contributed by atoms with Crippen LogP contribution in [0.1, 0.15) is 51.7 Å². The van der Waals surface area contributed by atoms with Crippen molar-refractivity contribution >= 4 is 39.8 Å². The molecule has 8 rings (SSSR count). The van der Waals surface area contributed by atoms with E-state index in [1.54, 1.807) is 47.0 Å². The van der Waals surface area contributed by atoms with Crippen LogP contribution in [0, 0.1) is 6.92 Å². The molecular weight excluding hydrogens is 546 g/mol. The molecule has 0 unspecified atom stereocenters. The van der Waals surface area contributed by atoms with Crippen LogP contribution < -0.4 is 0 Å². The third-order valence-corrected chi connectivity index (χ3v) is 9.16. The van der Waals surface area contributed by atoms with E-state index in [9.17, 15) is 14.7 Å². The Hall–Kier alpha value is -4.73. The quantitative estimate of drug-likeness (QED) is 0.260. The van der Waals surface area contributed by atoms with E-state index < -0.39 is 11.1 Å². The van der Waals surface area contributed by atoms with Gasteiger partial charge in [0.1, 0.15) is 0 Å². The Morgan fingerprint density at radius 3 is 2.26 bits per heavy atom. The summed E-state index contributed by atoms with van der Waals surface area (Å²) in [6.07, 6.45) is 2.36. The molecule has 8 nitrogen and oxygen atoms in total. The number of nitrogens with zero attached hydrogens (tertiary/aromatic N) is 5. The number of carbonyl (C=O) groups excluding carboxylic acids is 2. The average Bonchev–Trinajstić information content (AvgIpc) is 3.70. The predicted octanol–water partition coefficient (Wildman–Crippen LogP) is 6.02. The Morgan fingerprint density at radius 1 is 0.905 bits per heavy atom. The molecule has 9 heteroatoms. The van der Waals surface area contributed by atoms with Crippen LogP contribution in [0.15, 0.2) is 83.7 Å². The van der Waals surface area contributed by atoms with Crippen molar-refractivity contribution in [1.82, 2.24) is 24.5 Å². The first-order valence-corrected chi connectivity index (χ1v) is 14.7. The topological polar surface area (TPSA) is 101 Å². The number of rotatable bonds is 4. The van der Waals surface area contributed by atoms with Crippen LogP contribution in [0.3, 0.4) is 0 Å². The van der Waals surface area contributed by atoms with E-state index in [1.165, 1.54) is 4.90 Å². The van der Waals surface area contributed by atoms with Gasteiger partial charge < -0.3 is 5.11 Å². The normalized spacial score (nSPS) is 21.7. The number of aromatic nitrogens is 4. The van der Waals surface area contributed by atoms with Gasteiger partial charge >= 0.3 is 0 Å². The lowest BCUT2D eigenvalue weighted by Crippen LogP contribution is -2.63. The molecule has 0 spiro atoms. The Bertz CT molecular complexity index is 2040. The van der Waals surface area contributed by atoms with Gasteiger partial charge in [-0.05, 0) is 60.0 Å². The Kier molecular flexibility index (Phi) is 5.15. The number of hydrogen-bond donors (Lipinski definition) is 1. The average molecular weight is 572 g/mol. The molecule has 42 heavy (non-hydrogen) atoms. The number of carbonyl (C=O) groups is 2. The molecule has 1 aliphatic carbocycles. The summed E-state index contributed by atoms with van der Waals surface area (Å²) in [4.78, 5) is 38.1. The zero-order valence-electron chi connectivity index (χ0n) is 22.9. The molecule has 1 N–H and O–H groups in total. The van der Waals surface area contributed by atoms with Crippen molar-refractivity contribution in [2.24, 2.45) is 0 Å². The first-order valence-electron chi connectivity index (χ1n) is 13.7. The fourth-order valence-electron chi connectivity index (χ4n) is 6.73. The van der Waals surface area contributed by atoms with Crippen molar-refractivity contribution in [2.45, 2.75) is 37.8 Å². The van der Waals surface area contributed by atoms with Gasteiger partial charge in [0, 0.05) is 41.6 Å². The van der Waals surface area contributed by atoms with Crippen LogP contribution in [-0.4, -0.2) is 47.0 Å². The number of pyridine rings is 1. The number of hydrogen-bond acceptors (Lipinski definition) is 7. The number of amides is 2. The highest BCUT2D eigenvalue weighted by atomic mass is 32.1. The van der Waals surface area contributed by atoms with E-state index in [0.29, 0.717) is 16.8 Å². The summed E-state index contributed by atoms with van der Waals surface area (Å²) in [5, 5.41) is 20.5. The smallest absolute Gasteiger partial charge is 0.262 e. The number of aryl methyl sites for hydroxylation is 1. The molecule has 6 aromatic rings. The Labute approximate surface area is 244 Å². The largest absolute Gasteiger partial charge is 0.390 e. The summed E-state index contributed by atoms with van der Waals surface area (Å²) >= 11 is 1.62. The van der Waals surface area contributed by atoms with E-state index in [-0.39, 0.29) is 24.7 Å². The highest BCUT2D eigenvalue weighted by Gasteiger charge is 2.60. The minimum absolute atomic E-state index is 0.267. The molecule has 4 aromatic heterocycles. The van der Waals surface area contributed by atoms with Gasteiger partial charge in [0.15, 0.2) is 11.3 Å². The maximum Gasteiger partial charge on any atom is 0.262 e. The molecule has 1 saturated carbocycles. The van der Waals surface area contributed by atoms with Crippen molar-refractivity contribution < 1.29 is 14.7 Å². The number of thiophene rings is 1. The molecule has 5 heterocycles. The Balaban J connectivity index is 1.26. The van der Waals surface area contributed by atoms with Crippen LogP contribution in [0.25, 0.3) is 39.1 Å². The van der Waals surface area contributed by atoms with Gasteiger partial charge in [-0.15, -0.1) is 0 Å². The van der Waals surface area contributed by atoms with Gasteiger partial charge in [-0.3, -0.25) is 14.5 Å². The molecule has 206 valence electrons. The lowest BCUT2D eigenvalue weighted by molar-refractivity contribution is -0.118. The predicted molar refractivity (Wildman–Crippen MR) is 160 cm³/mol. The monoisotopic (exact) mass is 571 g/mol. The highest BCUT2D eigenvalue weighted by molar-refractivity contribution is 7.08.